The van der Waals surface area contributed by atoms with E-state index in [9.17, 15) is 18.0 Å². The fourth-order valence-corrected chi connectivity index (χ4v) is 2.61. The standard InChI is InChI=1S/C20H17F3N2O2/c21-20(22,23)13-27-17-8-6-14(7-9-17)12-25-18(26)11-16-4-1-3-15-5-2-10-24-19(15)16/h1-10H,11-13H2,(H,25,26). The first kappa shape index (κ1) is 18.7. The first-order valence-corrected chi connectivity index (χ1v) is 8.28. The monoisotopic (exact) mass is 374 g/mol. The molecule has 0 radical (unpaired) electrons. The molecule has 0 aliphatic heterocycles. The van der Waals surface area contributed by atoms with Crippen molar-refractivity contribution in [1.29, 1.82) is 0 Å². The molecule has 1 aromatic heterocycles. The van der Waals surface area contributed by atoms with E-state index in [1.807, 2.05) is 30.3 Å². The molecule has 3 aromatic rings. The van der Waals surface area contributed by atoms with Gasteiger partial charge in [-0.3, -0.25) is 9.78 Å². The molecule has 4 nitrogen and oxygen atoms in total. The molecule has 140 valence electrons. The number of rotatable bonds is 6. The predicted molar refractivity (Wildman–Crippen MR) is 95.3 cm³/mol. The minimum Gasteiger partial charge on any atom is -0.484 e. The molecule has 2 aromatic carbocycles. The summed E-state index contributed by atoms with van der Waals surface area (Å²) < 4.78 is 41.0. The van der Waals surface area contributed by atoms with E-state index < -0.39 is 12.8 Å². The molecule has 7 heteroatoms. The molecule has 0 atom stereocenters. The Kier molecular flexibility index (Phi) is 5.59. The number of halogens is 3. The zero-order valence-electron chi connectivity index (χ0n) is 14.3. The van der Waals surface area contributed by atoms with Crippen molar-refractivity contribution in [2.45, 2.75) is 19.1 Å². The van der Waals surface area contributed by atoms with Crippen LogP contribution in [0.3, 0.4) is 0 Å². The number of carbonyl (C=O) groups excluding carboxylic acids is 1. The molecule has 3 rings (SSSR count). The number of benzene rings is 2. The normalized spacial score (nSPS) is 11.4. The van der Waals surface area contributed by atoms with Crippen LogP contribution >= 0.6 is 0 Å². The van der Waals surface area contributed by atoms with Gasteiger partial charge in [-0.05, 0) is 29.3 Å². The van der Waals surface area contributed by atoms with Crippen molar-refractivity contribution in [3.05, 3.63) is 71.9 Å². The number of ether oxygens (including phenoxy) is 1. The number of para-hydroxylation sites is 1. The van der Waals surface area contributed by atoms with Gasteiger partial charge < -0.3 is 10.1 Å². The largest absolute Gasteiger partial charge is 0.484 e. The number of amides is 1. The number of hydrogen-bond acceptors (Lipinski definition) is 3. The van der Waals surface area contributed by atoms with Crippen molar-refractivity contribution in [3.63, 3.8) is 0 Å². The van der Waals surface area contributed by atoms with Gasteiger partial charge in [0.15, 0.2) is 6.61 Å². The number of pyridine rings is 1. The molecule has 0 saturated carbocycles. The molecule has 0 fully saturated rings. The lowest BCUT2D eigenvalue weighted by molar-refractivity contribution is -0.153. The number of alkyl halides is 3. The minimum atomic E-state index is -4.37. The summed E-state index contributed by atoms with van der Waals surface area (Å²) in [6, 6.07) is 15.6. The summed E-state index contributed by atoms with van der Waals surface area (Å²) in [4.78, 5) is 16.5. The molecule has 0 spiro atoms. The lowest BCUT2D eigenvalue weighted by Crippen LogP contribution is -2.24. The van der Waals surface area contributed by atoms with E-state index in [1.54, 1.807) is 18.3 Å². The molecule has 0 aliphatic rings. The Bertz CT molecular complexity index is 919. The van der Waals surface area contributed by atoms with Crippen LogP contribution in [0.15, 0.2) is 60.8 Å². The molecule has 1 N–H and O–H groups in total. The van der Waals surface area contributed by atoms with Gasteiger partial charge >= 0.3 is 6.18 Å². The van der Waals surface area contributed by atoms with Gasteiger partial charge in [-0.2, -0.15) is 13.2 Å². The highest BCUT2D eigenvalue weighted by Crippen LogP contribution is 2.19. The Hall–Kier alpha value is -3.09. The van der Waals surface area contributed by atoms with Crippen molar-refractivity contribution in [1.82, 2.24) is 10.3 Å². The second-order valence-corrected chi connectivity index (χ2v) is 5.99. The molecule has 1 amide bonds. The molecule has 0 saturated heterocycles. The average Bonchev–Trinajstić information content (AvgIpc) is 2.65. The number of fused-ring (bicyclic) bond motifs is 1. The van der Waals surface area contributed by atoms with Crippen LogP contribution in [0.5, 0.6) is 5.75 Å². The van der Waals surface area contributed by atoms with Crippen LogP contribution in [0.2, 0.25) is 0 Å². The molecular weight excluding hydrogens is 357 g/mol. The van der Waals surface area contributed by atoms with E-state index in [0.717, 1.165) is 22.0 Å². The highest BCUT2D eigenvalue weighted by atomic mass is 19.4. The Morgan fingerprint density at radius 1 is 1.04 bits per heavy atom. The van der Waals surface area contributed by atoms with Crippen LogP contribution in [0.25, 0.3) is 10.9 Å². The van der Waals surface area contributed by atoms with Crippen LogP contribution < -0.4 is 10.1 Å². The van der Waals surface area contributed by atoms with Crippen molar-refractivity contribution < 1.29 is 22.7 Å². The van der Waals surface area contributed by atoms with Crippen molar-refractivity contribution >= 4 is 16.8 Å². The van der Waals surface area contributed by atoms with Crippen LogP contribution in [-0.2, 0) is 17.8 Å². The first-order chi connectivity index (χ1) is 12.9. The number of aromatic nitrogens is 1. The maximum Gasteiger partial charge on any atom is 0.422 e. The highest BCUT2D eigenvalue weighted by molar-refractivity contribution is 5.87. The number of carbonyl (C=O) groups is 1. The number of nitrogens with one attached hydrogen (secondary N) is 1. The van der Waals surface area contributed by atoms with Crippen LogP contribution in [-0.4, -0.2) is 23.7 Å². The van der Waals surface area contributed by atoms with Crippen molar-refractivity contribution in [2.75, 3.05) is 6.61 Å². The van der Waals surface area contributed by atoms with E-state index in [4.69, 9.17) is 0 Å². The Labute approximate surface area is 154 Å². The van der Waals surface area contributed by atoms with Gasteiger partial charge in [-0.25, -0.2) is 0 Å². The highest BCUT2D eigenvalue weighted by Gasteiger charge is 2.28. The van der Waals surface area contributed by atoms with Gasteiger partial charge in [0.1, 0.15) is 5.75 Å². The van der Waals surface area contributed by atoms with E-state index in [0.29, 0.717) is 0 Å². The summed E-state index contributed by atoms with van der Waals surface area (Å²) in [5.74, 6) is -0.0326. The Morgan fingerprint density at radius 2 is 1.78 bits per heavy atom. The van der Waals surface area contributed by atoms with Gasteiger partial charge in [0.25, 0.3) is 0 Å². The molecule has 0 unspecified atom stereocenters. The van der Waals surface area contributed by atoms with E-state index >= 15 is 0 Å². The third-order valence-corrected chi connectivity index (χ3v) is 3.88. The maximum atomic E-state index is 12.2. The van der Waals surface area contributed by atoms with Gasteiger partial charge in [-0.1, -0.05) is 36.4 Å². The second-order valence-electron chi connectivity index (χ2n) is 5.99. The maximum absolute atomic E-state index is 12.2. The van der Waals surface area contributed by atoms with Crippen LogP contribution in [0.1, 0.15) is 11.1 Å². The average molecular weight is 374 g/mol. The fraction of sp³-hybridized carbons (Fsp3) is 0.200. The molecule has 1 heterocycles. The Morgan fingerprint density at radius 3 is 2.52 bits per heavy atom. The summed E-state index contributed by atoms with van der Waals surface area (Å²) in [5, 5.41) is 3.77. The van der Waals surface area contributed by atoms with Crippen molar-refractivity contribution in [2.24, 2.45) is 0 Å². The zero-order valence-corrected chi connectivity index (χ0v) is 14.3. The van der Waals surface area contributed by atoms with Crippen LogP contribution in [0.4, 0.5) is 13.2 Å². The van der Waals surface area contributed by atoms with E-state index in [2.05, 4.69) is 15.0 Å². The lowest BCUT2D eigenvalue weighted by atomic mass is 10.1. The smallest absolute Gasteiger partial charge is 0.422 e. The van der Waals surface area contributed by atoms with Gasteiger partial charge in [0.05, 0.1) is 11.9 Å². The molecule has 27 heavy (non-hydrogen) atoms. The van der Waals surface area contributed by atoms with E-state index in [-0.39, 0.29) is 24.6 Å². The molecular formula is C20H17F3N2O2. The minimum absolute atomic E-state index is 0.129. The topological polar surface area (TPSA) is 51.2 Å². The first-order valence-electron chi connectivity index (χ1n) is 8.28. The lowest BCUT2D eigenvalue weighted by Gasteiger charge is -2.10. The summed E-state index contributed by atoms with van der Waals surface area (Å²) in [6.45, 7) is -1.06. The molecule has 0 aliphatic carbocycles. The third-order valence-electron chi connectivity index (χ3n) is 3.88. The Balaban J connectivity index is 1.54. The second kappa shape index (κ2) is 8.07. The summed E-state index contributed by atoms with van der Waals surface area (Å²) in [7, 11) is 0. The summed E-state index contributed by atoms with van der Waals surface area (Å²) in [6.07, 6.45) is -2.49. The van der Waals surface area contributed by atoms with Gasteiger partial charge in [0, 0.05) is 18.1 Å². The van der Waals surface area contributed by atoms with Crippen LogP contribution in [0, 0.1) is 0 Å². The van der Waals surface area contributed by atoms with Crippen molar-refractivity contribution in [3.8, 4) is 5.75 Å². The summed E-state index contributed by atoms with van der Waals surface area (Å²) in [5.41, 5.74) is 2.39. The van der Waals surface area contributed by atoms with E-state index in [1.165, 1.54) is 12.1 Å². The number of hydrogen-bond donors (Lipinski definition) is 1. The SMILES string of the molecule is O=C(Cc1cccc2cccnc12)NCc1ccc(OCC(F)(F)F)cc1. The quantitative estimate of drug-likeness (QED) is 0.709. The van der Waals surface area contributed by atoms with Gasteiger partial charge in [0.2, 0.25) is 5.91 Å². The molecule has 0 bridgehead atoms. The fourth-order valence-electron chi connectivity index (χ4n) is 2.61. The number of nitrogens with zero attached hydrogens (tertiary/aromatic N) is 1. The van der Waals surface area contributed by atoms with Gasteiger partial charge in [-0.15, -0.1) is 0 Å². The third kappa shape index (κ3) is 5.44. The summed E-state index contributed by atoms with van der Waals surface area (Å²) >= 11 is 0. The zero-order chi connectivity index (χ0) is 19.3. The predicted octanol–water partition coefficient (Wildman–Crippen LogP) is 4.03.